The van der Waals surface area contributed by atoms with E-state index in [-0.39, 0.29) is 11.9 Å². The lowest BCUT2D eigenvalue weighted by Gasteiger charge is -2.28. The summed E-state index contributed by atoms with van der Waals surface area (Å²) in [5, 5.41) is 0. The van der Waals surface area contributed by atoms with E-state index in [4.69, 9.17) is 9.47 Å². The van der Waals surface area contributed by atoms with Crippen molar-refractivity contribution in [3.8, 4) is 11.5 Å². The molecule has 0 radical (unpaired) electrons. The molecule has 3 rings (SSSR count). The zero-order valence-electron chi connectivity index (χ0n) is 16.4. The quantitative estimate of drug-likeness (QED) is 0.750. The van der Waals surface area contributed by atoms with Gasteiger partial charge in [0.05, 0.1) is 20.8 Å². The summed E-state index contributed by atoms with van der Waals surface area (Å²) in [6.07, 6.45) is 2.08. The van der Waals surface area contributed by atoms with Gasteiger partial charge in [0.1, 0.15) is 11.5 Å². The van der Waals surface area contributed by atoms with E-state index in [0.29, 0.717) is 13.1 Å². The van der Waals surface area contributed by atoms with Gasteiger partial charge in [-0.1, -0.05) is 30.3 Å². The number of carbonyl (C=O) groups excluding carboxylic acids is 1. The number of benzene rings is 2. The van der Waals surface area contributed by atoms with Gasteiger partial charge in [0.2, 0.25) is 5.91 Å². The van der Waals surface area contributed by atoms with Crippen LogP contribution in [0.15, 0.2) is 48.5 Å². The predicted molar refractivity (Wildman–Crippen MR) is 106 cm³/mol. The van der Waals surface area contributed by atoms with Gasteiger partial charge in [0.15, 0.2) is 0 Å². The molecular formula is C22H28N2O3. The standard InChI is InChI=1S/C22H28N2O3/c1-23(15-17-8-5-4-6-9-17)22(25)16-24-13-7-10-20(24)19-14-18(26-2)11-12-21(19)27-3/h4-6,8-9,11-12,14,20H,7,10,13,15-16H2,1-3H3/t20-/m1/s1. The number of likely N-dealkylation sites (N-methyl/N-ethyl adjacent to an activating group) is 1. The highest BCUT2D eigenvalue weighted by atomic mass is 16.5. The largest absolute Gasteiger partial charge is 0.497 e. The molecule has 0 N–H and O–H groups in total. The molecule has 1 fully saturated rings. The summed E-state index contributed by atoms with van der Waals surface area (Å²) >= 11 is 0. The Labute approximate surface area is 161 Å². The fraction of sp³-hybridized carbons (Fsp3) is 0.409. The number of rotatable bonds is 7. The van der Waals surface area contributed by atoms with Crippen LogP contribution in [-0.2, 0) is 11.3 Å². The van der Waals surface area contributed by atoms with E-state index in [9.17, 15) is 4.79 Å². The van der Waals surface area contributed by atoms with Crippen molar-refractivity contribution in [2.75, 3.05) is 34.4 Å². The Morgan fingerprint density at radius 2 is 1.93 bits per heavy atom. The molecule has 0 aromatic heterocycles. The van der Waals surface area contributed by atoms with Crippen LogP contribution in [0.25, 0.3) is 0 Å². The third-order valence-corrected chi connectivity index (χ3v) is 5.19. The summed E-state index contributed by atoms with van der Waals surface area (Å²) in [4.78, 5) is 16.8. The van der Waals surface area contributed by atoms with Crippen LogP contribution >= 0.6 is 0 Å². The Bertz CT molecular complexity index is 763. The average Bonchev–Trinajstić information content (AvgIpc) is 3.16. The van der Waals surface area contributed by atoms with Gasteiger partial charge in [0, 0.05) is 25.2 Å². The summed E-state index contributed by atoms with van der Waals surface area (Å²) < 4.78 is 10.9. The molecule has 1 aliphatic heterocycles. The van der Waals surface area contributed by atoms with Gasteiger partial charge < -0.3 is 14.4 Å². The molecule has 1 atom stereocenters. The Balaban J connectivity index is 1.70. The molecule has 1 aliphatic rings. The molecule has 2 aromatic carbocycles. The third-order valence-electron chi connectivity index (χ3n) is 5.19. The van der Waals surface area contributed by atoms with E-state index in [0.717, 1.165) is 42.0 Å². The Morgan fingerprint density at radius 3 is 2.63 bits per heavy atom. The predicted octanol–water partition coefficient (Wildman–Crippen LogP) is 3.50. The van der Waals surface area contributed by atoms with Crippen molar-refractivity contribution < 1.29 is 14.3 Å². The van der Waals surface area contributed by atoms with Gasteiger partial charge in [-0.2, -0.15) is 0 Å². The van der Waals surface area contributed by atoms with E-state index < -0.39 is 0 Å². The summed E-state index contributed by atoms with van der Waals surface area (Å²) in [5.74, 6) is 1.79. The Hall–Kier alpha value is -2.53. The first-order valence-electron chi connectivity index (χ1n) is 9.36. The van der Waals surface area contributed by atoms with Crippen LogP contribution in [0.4, 0.5) is 0 Å². The second-order valence-corrected chi connectivity index (χ2v) is 6.97. The fourth-order valence-electron chi connectivity index (χ4n) is 3.71. The lowest BCUT2D eigenvalue weighted by molar-refractivity contribution is -0.131. The van der Waals surface area contributed by atoms with Crippen molar-refractivity contribution >= 4 is 5.91 Å². The number of hydrogen-bond acceptors (Lipinski definition) is 4. The number of methoxy groups -OCH3 is 2. The first-order valence-corrected chi connectivity index (χ1v) is 9.36. The van der Waals surface area contributed by atoms with Crippen molar-refractivity contribution in [3.63, 3.8) is 0 Å². The van der Waals surface area contributed by atoms with Gasteiger partial charge in [0.25, 0.3) is 0 Å². The maximum absolute atomic E-state index is 12.8. The molecule has 1 heterocycles. The molecule has 1 saturated heterocycles. The zero-order chi connectivity index (χ0) is 19.2. The van der Waals surface area contributed by atoms with Gasteiger partial charge in [-0.05, 0) is 43.1 Å². The monoisotopic (exact) mass is 368 g/mol. The van der Waals surface area contributed by atoms with E-state index in [1.807, 2.05) is 55.6 Å². The van der Waals surface area contributed by atoms with Gasteiger partial charge in [-0.25, -0.2) is 0 Å². The summed E-state index contributed by atoms with van der Waals surface area (Å²) in [7, 11) is 5.22. The topological polar surface area (TPSA) is 42.0 Å². The SMILES string of the molecule is COc1ccc(OC)c([C@H]2CCCN2CC(=O)N(C)Cc2ccccc2)c1. The molecular weight excluding hydrogens is 340 g/mol. The highest BCUT2D eigenvalue weighted by Crippen LogP contribution is 2.38. The van der Waals surface area contributed by atoms with E-state index in [1.165, 1.54) is 0 Å². The minimum Gasteiger partial charge on any atom is -0.497 e. The first kappa shape index (κ1) is 19.2. The van der Waals surface area contributed by atoms with Crippen molar-refractivity contribution in [1.82, 2.24) is 9.80 Å². The molecule has 0 spiro atoms. The Morgan fingerprint density at radius 1 is 1.15 bits per heavy atom. The Kier molecular flexibility index (Phi) is 6.35. The van der Waals surface area contributed by atoms with Crippen molar-refractivity contribution in [3.05, 3.63) is 59.7 Å². The fourth-order valence-corrected chi connectivity index (χ4v) is 3.71. The van der Waals surface area contributed by atoms with E-state index >= 15 is 0 Å². The molecule has 0 bridgehead atoms. The molecule has 5 nitrogen and oxygen atoms in total. The van der Waals surface area contributed by atoms with E-state index in [2.05, 4.69) is 4.90 Å². The van der Waals surface area contributed by atoms with Crippen molar-refractivity contribution in [2.45, 2.75) is 25.4 Å². The molecule has 0 saturated carbocycles. The van der Waals surface area contributed by atoms with Crippen LogP contribution in [0, 0.1) is 0 Å². The number of ether oxygens (including phenoxy) is 2. The van der Waals surface area contributed by atoms with Crippen LogP contribution in [0.1, 0.15) is 30.0 Å². The molecule has 27 heavy (non-hydrogen) atoms. The normalized spacial score (nSPS) is 16.9. The minimum absolute atomic E-state index is 0.132. The van der Waals surface area contributed by atoms with Crippen LogP contribution in [0.3, 0.4) is 0 Å². The maximum Gasteiger partial charge on any atom is 0.236 e. The minimum atomic E-state index is 0.132. The summed E-state index contributed by atoms with van der Waals surface area (Å²) in [5.41, 5.74) is 2.23. The number of nitrogens with zero attached hydrogens (tertiary/aromatic N) is 2. The lowest BCUT2D eigenvalue weighted by Crippen LogP contribution is -2.37. The smallest absolute Gasteiger partial charge is 0.236 e. The molecule has 2 aromatic rings. The third kappa shape index (κ3) is 4.61. The highest BCUT2D eigenvalue weighted by molar-refractivity contribution is 5.78. The lowest BCUT2D eigenvalue weighted by atomic mass is 10.0. The number of likely N-dealkylation sites (tertiary alicyclic amines) is 1. The highest BCUT2D eigenvalue weighted by Gasteiger charge is 2.30. The summed E-state index contributed by atoms with van der Waals surface area (Å²) in [6, 6.07) is 16.1. The number of amides is 1. The molecule has 1 amide bonds. The first-order chi connectivity index (χ1) is 13.1. The van der Waals surface area contributed by atoms with Crippen LogP contribution in [0.5, 0.6) is 11.5 Å². The van der Waals surface area contributed by atoms with Crippen LogP contribution < -0.4 is 9.47 Å². The maximum atomic E-state index is 12.8. The van der Waals surface area contributed by atoms with Crippen molar-refractivity contribution in [2.24, 2.45) is 0 Å². The summed E-state index contributed by atoms with van der Waals surface area (Å²) in [6.45, 7) is 1.95. The zero-order valence-corrected chi connectivity index (χ0v) is 16.4. The molecule has 144 valence electrons. The van der Waals surface area contributed by atoms with Crippen molar-refractivity contribution in [1.29, 1.82) is 0 Å². The number of carbonyl (C=O) groups is 1. The van der Waals surface area contributed by atoms with Gasteiger partial charge in [-0.3, -0.25) is 9.69 Å². The van der Waals surface area contributed by atoms with Gasteiger partial charge >= 0.3 is 0 Å². The molecule has 0 aliphatic carbocycles. The molecule has 5 heteroatoms. The second-order valence-electron chi connectivity index (χ2n) is 6.97. The number of hydrogen-bond donors (Lipinski definition) is 0. The average molecular weight is 368 g/mol. The van der Waals surface area contributed by atoms with Crippen LogP contribution in [-0.4, -0.2) is 50.1 Å². The van der Waals surface area contributed by atoms with Crippen LogP contribution in [0.2, 0.25) is 0 Å². The second kappa shape index (κ2) is 8.91. The van der Waals surface area contributed by atoms with Gasteiger partial charge in [-0.15, -0.1) is 0 Å². The van der Waals surface area contributed by atoms with E-state index in [1.54, 1.807) is 19.1 Å². The molecule has 0 unspecified atom stereocenters.